The van der Waals surface area contributed by atoms with E-state index in [4.69, 9.17) is 16.9 Å². The largest absolute Gasteiger partial charge is 0.192 e. The lowest BCUT2D eigenvalue weighted by atomic mass is 10.0. The van der Waals surface area contributed by atoms with Gasteiger partial charge >= 0.3 is 0 Å². The Bertz CT molecular complexity index is 526. The van der Waals surface area contributed by atoms with Crippen molar-refractivity contribution in [2.45, 2.75) is 13.8 Å². The van der Waals surface area contributed by atoms with E-state index < -0.39 is 0 Å². The second-order valence-electron chi connectivity index (χ2n) is 3.14. The summed E-state index contributed by atoms with van der Waals surface area (Å²) >= 11 is 6.08. The van der Waals surface area contributed by atoms with Crippen molar-refractivity contribution in [3.8, 4) is 17.2 Å². The van der Waals surface area contributed by atoms with Crippen LogP contribution in [0.25, 0.3) is 11.1 Å². The molecule has 2 aromatic carbocycles. The standard InChI is InChI=1S/C13H8ClN.C2H6/c14-13-8-4-3-7-12(13)11-6-2-1-5-10(11)9-15;1-2/h1-8H;1-2H3. The predicted molar refractivity (Wildman–Crippen MR) is 73.0 cm³/mol. The van der Waals surface area contributed by atoms with Gasteiger partial charge in [-0.1, -0.05) is 61.8 Å². The molecule has 0 unspecified atom stereocenters. The molecule has 0 radical (unpaired) electrons. The molecule has 0 bridgehead atoms. The molecule has 0 saturated heterocycles. The Kier molecular flexibility index (Phi) is 5.26. The van der Waals surface area contributed by atoms with Gasteiger partial charge in [0, 0.05) is 16.1 Å². The Morgan fingerprint density at radius 1 is 0.882 bits per heavy atom. The zero-order valence-corrected chi connectivity index (χ0v) is 10.7. The van der Waals surface area contributed by atoms with E-state index >= 15 is 0 Å². The minimum atomic E-state index is 0.644. The van der Waals surface area contributed by atoms with Crippen molar-refractivity contribution in [2.75, 3.05) is 0 Å². The number of rotatable bonds is 1. The lowest BCUT2D eigenvalue weighted by Crippen LogP contribution is -1.84. The molecule has 2 heteroatoms. The van der Waals surface area contributed by atoms with Gasteiger partial charge in [0.1, 0.15) is 0 Å². The fraction of sp³-hybridized carbons (Fsp3) is 0.133. The summed E-state index contributed by atoms with van der Waals surface area (Å²) in [4.78, 5) is 0. The number of halogens is 1. The highest BCUT2D eigenvalue weighted by Gasteiger charge is 2.06. The van der Waals surface area contributed by atoms with E-state index in [1.165, 1.54) is 0 Å². The molecule has 0 saturated carbocycles. The minimum absolute atomic E-state index is 0.644. The second kappa shape index (κ2) is 6.73. The quantitative estimate of drug-likeness (QED) is 0.699. The third-order valence-corrected chi connectivity index (χ3v) is 2.54. The normalized spacial score (nSPS) is 8.82. The van der Waals surface area contributed by atoms with E-state index in [9.17, 15) is 0 Å². The molecule has 0 aliphatic rings. The molecule has 17 heavy (non-hydrogen) atoms. The highest BCUT2D eigenvalue weighted by Crippen LogP contribution is 2.29. The van der Waals surface area contributed by atoms with Gasteiger partial charge in [-0.25, -0.2) is 0 Å². The van der Waals surface area contributed by atoms with Gasteiger partial charge in [0.15, 0.2) is 0 Å². The summed E-state index contributed by atoms with van der Waals surface area (Å²) in [5.74, 6) is 0. The summed E-state index contributed by atoms with van der Waals surface area (Å²) < 4.78 is 0. The molecule has 0 aliphatic carbocycles. The maximum Gasteiger partial charge on any atom is 0.0998 e. The second-order valence-corrected chi connectivity index (χ2v) is 3.54. The van der Waals surface area contributed by atoms with Crippen molar-refractivity contribution in [3.63, 3.8) is 0 Å². The number of benzene rings is 2. The van der Waals surface area contributed by atoms with Crippen LogP contribution in [0.4, 0.5) is 0 Å². The van der Waals surface area contributed by atoms with E-state index in [2.05, 4.69) is 6.07 Å². The molecule has 2 aromatic rings. The van der Waals surface area contributed by atoms with Crippen LogP contribution in [0.5, 0.6) is 0 Å². The number of hydrogen-bond donors (Lipinski definition) is 0. The number of hydrogen-bond acceptors (Lipinski definition) is 1. The van der Waals surface area contributed by atoms with Gasteiger partial charge in [0.25, 0.3) is 0 Å². The van der Waals surface area contributed by atoms with Gasteiger partial charge in [-0.3, -0.25) is 0 Å². The van der Waals surface area contributed by atoms with E-state index in [0.717, 1.165) is 11.1 Å². The highest BCUT2D eigenvalue weighted by atomic mass is 35.5. The Labute approximate surface area is 107 Å². The van der Waals surface area contributed by atoms with Crippen molar-refractivity contribution in [2.24, 2.45) is 0 Å². The molecule has 0 atom stereocenters. The van der Waals surface area contributed by atoms with Crippen molar-refractivity contribution in [1.29, 1.82) is 5.26 Å². The van der Waals surface area contributed by atoms with Crippen molar-refractivity contribution >= 4 is 11.6 Å². The zero-order valence-electron chi connectivity index (χ0n) is 9.94. The fourth-order valence-electron chi connectivity index (χ4n) is 1.50. The maximum absolute atomic E-state index is 8.98. The van der Waals surface area contributed by atoms with Crippen LogP contribution >= 0.6 is 11.6 Å². The van der Waals surface area contributed by atoms with Crippen LogP contribution in [-0.2, 0) is 0 Å². The third-order valence-electron chi connectivity index (χ3n) is 2.21. The lowest BCUT2D eigenvalue weighted by Gasteiger charge is -2.05. The van der Waals surface area contributed by atoms with Gasteiger partial charge in [0.2, 0.25) is 0 Å². The Morgan fingerprint density at radius 3 is 2.00 bits per heavy atom. The van der Waals surface area contributed by atoms with Crippen molar-refractivity contribution < 1.29 is 0 Å². The van der Waals surface area contributed by atoms with E-state index in [1.807, 2.05) is 56.3 Å². The van der Waals surface area contributed by atoms with Crippen LogP contribution in [0.2, 0.25) is 5.02 Å². The Morgan fingerprint density at radius 2 is 1.41 bits per heavy atom. The SMILES string of the molecule is CC.N#Cc1ccccc1-c1ccccc1Cl. The number of nitrogens with zero attached hydrogens (tertiary/aromatic N) is 1. The minimum Gasteiger partial charge on any atom is -0.192 e. The van der Waals surface area contributed by atoms with Crippen molar-refractivity contribution in [1.82, 2.24) is 0 Å². The lowest BCUT2D eigenvalue weighted by molar-refractivity contribution is 1.48. The maximum atomic E-state index is 8.98. The van der Waals surface area contributed by atoms with Crippen LogP contribution in [-0.4, -0.2) is 0 Å². The third kappa shape index (κ3) is 3.09. The first-order chi connectivity index (χ1) is 8.33. The molecule has 2 rings (SSSR count). The summed E-state index contributed by atoms with van der Waals surface area (Å²) in [6, 6.07) is 17.1. The zero-order chi connectivity index (χ0) is 12.7. The summed E-state index contributed by atoms with van der Waals surface area (Å²) in [5, 5.41) is 9.64. The molecule has 1 nitrogen and oxygen atoms in total. The summed E-state index contributed by atoms with van der Waals surface area (Å²) in [5.41, 5.74) is 2.42. The van der Waals surface area contributed by atoms with E-state index in [-0.39, 0.29) is 0 Å². The van der Waals surface area contributed by atoms with Gasteiger partial charge in [-0.05, 0) is 12.1 Å². The average molecular weight is 244 g/mol. The van der Waals surface area contributed by atoms with Crippen LogP contribution in [0.3, 0.4) is 0 Å². The molecule has 0 amide bonds. The Balaban J connectivity index is 0.000000686. The summed E-state index contributed by atoms with van der Waals surface area (Å²) in [6.07, 6.45) is 0. The van der Waals surface area contributed by atoms with Crippen LogP contribution in [0, 0.1) is 11.3 Å². The van der Waals surface area contributed by atoms with E-state index in [1.54, 1.807) is 6.07 Å². The van der Waals surface area contributed by atoms with Gasteiger partial charge in [-0.2, -0.15) is 5.26 Å². The molecule has 0 heterocycles. The Hall–Kier alpha value is -1.78. The molecule has 0 aliphatic heterocycles. The van der Waals surface area contributed by atoms with Gasteiger partial charge in [0.05, 0.1) is 11.6 Å². The van der Waals surface area contributed by atoms with Crippen LogP contribution in [0.1, 0.15) is 19.4 Å². The fourth-order valence-corrected chi connectivity index (χ4v) is 1.73. The molecule has 86 valence electrons. The molecule has 0 fully saturated rings. The summed E-state index contributed by atoms with van der Waals surface area (Å²) in [7, 11) is 0. The highest BCUT2D eigenvalue weighted by molar-refractivity contribution is 6.33. The summed E-state index contributed by atoms with van der Waals surface area (Å²) in [6.45, 7) is 4.00. The molecule has 0 aromatic heterocycles. The van der Waals surface area contributed by atoms with Gasteiger partial charge in [-0.15, -0.1) is 0 Å². The van der Waals surface area contributed by atoms with E-state index in [0.29, 0.717) is 10.6 Å². The topological polar surface area (TPSA) is 23.8 Å². The molecular formula is C15H14ClN. The first kappa shape index (κ1) is 13.3. The first-order valence-corrected chi connectivity index (χ1v) is 5.95. The smallest absolute Gasteiger partial charge is 0.0998 e. The number of nitriles is 1. The first-order valence-electron chi connectivity index (χ1n) is 5.57. The van der Waals surface area contributed by atoms with Crippen LogP contribution in [0.15, 0.2) is 48.5 Å². The van der Waals surface area contributed by atoms with Gasteiger partial charge < -0.3 is 0 Å². The monoisotopic (exact) mass is 243 g/mol. The predicted octanol–water partition coefficient (Wildman–Crippen LogP) is 4.90. The molecule has 0 spiro atoms. The van der Waals surface area contributed by atoms with Crippen LogP contribution < -0.4 is 0 Å². The average Bonchev–Trinajstić information content (AvgIpc) is 2.41. The van der Waals surface area contributed by atoms with Crippen molar-refractivity contribution in [3.05, 3.63) is 59.1 Å². The molecular weight excluding hydrogens is 230 g/mol. The molecule has 0 N–H and O–H groups in total.